The number of rotatable bonds is 5. The summed E-state index contributed by atoms with van der Waals surface area (Å²) < 4.78 is 33.2. The molecule has 196 valence electrons. The van der Waals surface area contributed by atoms with Gasteiger partial charge in [0, 0.05) is 29.4 Å². The molecule has 2 aliphatic heterocycles. The molecule has 2 aliphatic rings. The summed E-state index contributed by atoms with van der Waals surface area (Å²) in [5, 5.41) is 11.9. The second kappa shape index (κ2) is 10.5. The maximum absolute atomic E-state index is 13.4. The zero-order chi connectivity index (χ0) is 27.0. The van der Waals surface area contributed by atoms with Gasteiger partial charge >= 0.3 is 0 Å². The van der Waals surface area contributed by atoms with E-state index >= 15 is 0 Å². The zero-order valence-electron chi connectivity index (χ0n) is 19.9. The van der Waals surface area contributed by atoms with Gasteiger partial charge in [-0.25, -0.2) is 8.42 Å². The van der Waals surface area contributed by atoms with E-state index in [9.17, 15) is 23.1 Å². The van der Waals surface area contributed by atoms with E-state index in [2.05, 4.69) is 0 Å². The minimum Gasteiger partial charge on any atom is -0.507 e. The third-order valence-corrected chi connectivity index (χ3v) is 8.94. The van der Waals surface area contributed by atoms with Crippen molar-refractivity contribution < 1.29 is 27.9 Å². The molecule has 2 saturated heterocycles. The fourth-order valence-corrected chi connectivity index (χ4v) is 6.39. The van der Waals surface area contributed by atoms with Crippen molar-refractivity contribution in [3.8, 4) is 0 Å². The Morgan fingerprint density at radius 1 is 0.921 bits per heavy atom. The summed E-state index contributed by atoms with van der Waals surface area (Å²) in [6.07, 6.45) is 0. The number of anilines is 1. The van der Waals surface area contributed by atoms with Gasteiger partial charge in [-0.15, -0.1) is 0 Å². The van der Waals surface area contributed by atoms with Gasteiger partial charge in [0.15, 0.2) is 0 Å². The van der Waals surface area contributed by atoms with Crippen molar-refractivity contribution >= 4 is 56.4 Å². The van der Waals surface area contributed by atoms with Crippen molar-refractivity contribution in [1.82, 2.24) is 4.31 Å². The van der Waals surface area contributed by atoms with E-state index in [0.29, 0.717) is 10.6 Å². The summed E-state index contributed by atoms with van der Waals surface area (Å²) in [4.78, 5) is 28.0. The number of hydrogen-bond acceptors (Lipinski definition) is 6. The largest absolute Gasteiger partial charge is 0.507 e. The van der Waals surface area contributed by atoms with E-state index < -0.39 is 33.5 Å². The smallest absolute Gasteiger partial charge is 0.300 e. The first-order valence-electron chi connectivity index (χ1n) is 11.7. The number of carbonyl (C=O) groups is 2. The van der Waals surface area contributed by atoms with Crippen LogP contribution >= 0.6 is 23.2 Å². The summed E-state index contributed by atoms with van der Waals surface area (Å²) in [5.41, 5.74) is 0.685. The van der Waals surface area contributed by atoms with Gasteiger partial charge in [0.05, 0.1) is 34.7 Å². The second-order valence-electron chi connectivity index (χ2n) is 8.71. The lowest BCUT2D eigenvalue weighted by atomic mass is 9.95. The van der Waals surface area contributed by atoms with Crippen molar-refractivity contribution in [2.24, 2.45) is 0 Å². The Labute approximate surface area is 229 Å². The number of hydrogen-bond donors (Lipinski definition) is 1. The van der Waals surface area contributed by atoms with Crippen LogP contribution in [0, 0.1) is 0 Å². The molecule has 1 amide bonds. The van der Waals surface area contributed by atoms with E-state index in [0.717, 1.165) is 0 Å². The Morgan fingerprint density at radius 3 is 2.29 bits per heavy atom. The lowest BCUT2D eigenvalue weighted by molar-refractivity contribution is -0.132. The first-order valence-corrected chi connectivity index (χ1v) is 13.9. The number of sulfonamides is 1. The molecule has 0 radical (unpaired) electrons. The number of Topliss-reactive ketones (excluding diaryl/α,β-unsaturated/α-hetero) is 1. The third-order valence-electron chi connectivity index (χ3n) is 6.46. The number of aliphatic hydroxyl groups is 1. The summed E-state index contributed by atoms with van der Waals surface area (Å²) in [5.74, 6) is -2.28. The number of benzene rings is 3. The number of aliphatic hydroxyl groups excluding tert-OH is 1. The number of halogens is 2. The molecule has 5 rings (SSSR count). The molecular weight excluding hydrogens is 551 g/mol. The van der Waals surface area contributed by atoms with E-state index in [1.54, 1.807) is 54.6 Å². The van der Waals surface area contributed by atoms with Gasteiger partial charge < -0.3 is 9.84 Å². The van der Waals surface area contributed by atoms with Crippen LogP contribution in [0.15, 0.2) is 83.3 Å². The summed E-state index contributed by atoms with van der Waals surface area (Å²) in [7, 11) is -3.88. The average Bonchev–Trinajstić information content (AvgIpc) is 3.19. The highest BCUT2D eigenvalue weighted by Crippen LogP contribution is 2.43. The van der Waals surface area contributed by atoms with Crippen LogP contribution in [0.2, 0.25) is 10.0 Å². The molecule has 2 heterocycles. The second-order valence-corrected chi connectivity index (χ2v) is 11.5. The van der Waals surface area contributed by atoms with Gasteiger partial charge in [-0.1, -0.05) is 53.5 Å². The molecule has 1 N–H and O–H groups in total. The lowest BCUT2D eigenvalue weighted by Gasteiger charge is -2.28. The minimum atomic E-state index is -3.88. The number of carbonyl (C=O) groups excluding carboxylic acids is 2. The van der Waals surface area contributed by atoms with Gasteiger partial charge in [-0.3, -0.25) is 14.5 Å². The molecule has 8 nitrogen and oxygen atoms in total. The number of ketones is 1. The first-order chi connectivity index (χ1) is 18.2. The van der Waals surface area contributed by atoms with E-state index in [1.807, 2.05) is 0 Å². The molecule has 0 bridgehead atoms. The Balaban J connectivity index is 1.67. The van der Waals surface area contributed by atoms with Crippen molar-refractivity contribution in [3.05, 3.63) is 99.5 Å². The number of ether oxygens (including phenoxy) is 1. The van der Waals surface area contributed by atoms with Crippen molar-refractivity contribution in [3.63, 3.8) is 0 Å². The topological polar surface area (TPSA) is 104 Å². The lowest BCUT2D eigenvalue weighted by Crippen LogP contribution is -2.40. The molecule has 1 atom stereocenters. The van der Waals surface area contributed by atoms with E-state index in [-0.39, 0.29) is 53.0 Å². The van der Waals surface area contributed by atoms with Crippen LogP contribution < -0.4 is 4.90 Å². The first kappa shape index (κ1) is 26.4. The highest BCUT2D eigenvalue weighted by molar-refractivity contribution is 7.89. The normalized spacial score (nSPS) is 20.2. The Morgan fingerprint density at radius 2 is 1.61 bits per heavy atom. The maximum atomic E-state index is 13.4. The van der Waals surface area contributed by atoms with Crippen molar-refractivity contribution in [2.45, 2.75) is 10.9 Å². The molecule has 0 spiro atoms. The highest BCUT2D eigenvalue weighted by Gasteiger charge is 2.47. The van der Waals surface area contributed by atoms with E-state index in [4.69, 9.17) is 27.9 Å². The predicted molar refractivity (Wildman–Crippen MR) is 144 cm³/mol. The van der Waals surface area contributed by atoms with Crippen molar-refractivity contribution in [2.75, 3.05) is 31.2 Å². The molecule has 0 unspecified atom stereocenters. The van der Waals surface area contributed by atoms with Gasteiger partial charge in [-0.2, -0.15) is 4.31 Å². The van der Waals surface area contributed by atoms with Crippen LogP contribution in [0.3, 0.4) is 0 Å². The Bertz CT molecular complexity index is 1550. The van der Waals surface area contributed by atoms with Gasteiger partial charge in [-0.05, 0) is 48.0 Å². The van der Waals surface area contributed by atoms with Crippen LogP contribution in [0.1, 0.15) is 17.2 Å². The molecule has 11 heteroatoms. The average molecular weight is 573 g/mol. The summed E-state index contributed by atoms with van der Waals surface area (Å²) in [6, 6.07) is 17.7. The molecule has 3 aromatic rings. The molecule has 0 saturated carbocycles. The molecular formula is C27H22Cl2N2O6S. The minimum absolute atomic E-state index is 0.0280. The monoisotopic (exact) mass is 572 g/mol. The quantitative estimate of drug-likeness (QED) is 0.271. The number of nitrogens with zero attached hydrogens (tertiary/aromatic N) is 2. The molecule has 38 heavy (non-hydrogen) atoms. The molecule has 0 aromatic heterocycles. The SMILES string of the molecule is O=C1C(=O)N(c2cccc(S(=O)(=O)N3CCOCC3)c2)[C@H](c2ccc(Cl)cc2)C1=C(O)c1ccccc1Cl. The zero-order valence-corrected chi connectivity index (χ0v) is 22.2. The Hall–Kier alpha value is -3.21. The standard InChI is InChI=1S/C27H22Cl2N2O6S/c28-18-10-8-17(9-11-18)24-23(25(32)21-6-1-2-7-22(21)29)26(33)27(34)31(24)19-4-3-5-20(16-19)38(35,36)30-12-14-37-15-13-30/h1-11,16,24,32H,12-15H2/t24-/m1/s1. The Kier molecular flexibility index (Phi) is 7.30. The van der Waals surface area contributed by atoms with Crippen LogP contribution in [0.4, 0.5) is 5.69 Å². The number of morpholine rings is 1. The fraction of sp³-hybridized carbons (Fsp3) is 0.185. The molecule has 0 aliphatic carbocycles. The summed E-state index contributed by atoms with van der Waals surface area (Å²) in [6.45, 7) is 0.984. The van der Waals surface area contributed by atoms with Crippen LogP contribution in [-0.4, -0.2) is 55.8 Å². The molecule has 3 aromatic carbocycles. The third kappa shape index (κ3) is 4.72. The number of amides is 1. The van der Waals surface area contributed by atoms with E-state index in [1.165, 1.54) is 27.4 Å². The predicted octanol–water partition coefficient (Wildman–Crippen LogP) is 4.64. The fourth-order valence-electron chi connectivity index (χ4n) is 4.59. The van der Waals surface area contributed by atoms with Crippen LogP contribution in [0.25, 0.3) is 5.76 Å². The highest BCUT2D eigenvalue weighted by atomic mass is 35.5. The van der Waals surface area contributed by atoms with Gasteiger partial charge in [0.2, 0.25) is 10.0 Å². The van der Waals surface area contributed by atoms with Crippen LogP contribution in [0.5, 0.6) is 0 Å². The molecule has 2 fully saturated rings. The van der Waals surface area contributed by atoms with Gasteiger partial charge in [0.25, 0.3) is 11.7 Å². The van der Waals surface area contributed by atoms with Crippen molar-refractivity contribution in [1.29, 1.82) is 0 Å². The maximum Gasteiger partial charge on any atom is 0.300 e. The summed E-state index contributed by atoms with van der Waals surface area (Å²) >= 11 is 12.4. The van der Waals surface area contributed by atoms with Gasteiger partial charge in [0.1, 0.15) is 5.76 Å². The van der Waals surface area contributed by atoms with Crippen LogP contribution in [-0.2, 0) is 24.3 Å².